The van der Waals surface area contributed by atoms with E-state index in [0.29, 0.717) is 0 Å². The number of benzene rings is 1. The van der Waals surface area contributed by atoms with Gasteiger partial charge in [-0.15, -0.1) is 0 Å². The second-order valence-corrected chi connectivity index (χ2v) is 6.63. The van der Waals surface area contributed by atoms with Gasteiger partial charge in [0.1, 0.15) is 29.8 Å². The van der Waals surface area contributed by atoms with E-state index in [1.165, 1.54) is 23.4 Å². The summed E-state index contributed by atoms with van der Waals surface area (Å²) in [5.74, 6) is 1.59. The summed E-state index contributed by atoms with van der Waals surface area (Å²) in [5.41, 5.74) is 2.48. The number of rotatable bonds is 3. The Labute approximate surface area is 147 Å². The lowest BCUT2D eigenvalue weighted by molar-refractivity contribution is 0.170. The molecule has 4 rings (SSSR count). The maximum Gasteiger partial charge on any atom is 0.135 e. The maximum absolute atomic E-state index is 13.0. The van der Waals surface area contributed by atoms with Gasteiger partial charge in [0.25, 0.3) is 0 Å². The third-order valence-electron chi connectivity index (χ3n) is 4.96. The summed E-state index contributed by atoms with van der Waals surface area (Å²) in [6, 6.07) is 6.27. The summed E-state index contributed by atoms with van der Waals surface area (Å²) in [7, 11) is 0. The fraction of sp³-hybridized carbons (Fsp3) is 0.474. The molecule has 1 fully saturated rings. The Morgan fingerprint density at radius 1 is 1.04 bits per heavy atom. The average molecular weight is 342 g/mol. The van der Waals surface area contributed by atoms with Gasteiger partial charge in [0.2, 0.25) is 0 Å². The lowest BCUT2D eigenvalue weighted by atomic mass is 10.0. The summed E-state index contributed by atoms with van der Waals surface area (Å²) in [5, 5.41) is 3.43. The summed E-state index contributed by atoms with van der Waals surface area (Å²) >= 11 is 0. The van der Waals surface area contributed by atoms with Gasteiger partial charge in [-0.25, -0.2) is 14.4 Å². The van der Waals surface area contributed by atoms with E-state index in [-0.39, 0.29) is 11.9 Å². The van der Waals surface area contributed by atoms with Crippen LogP contribution in [0.15, 0.2) is 30.6 Å². The molecule has 1 N–H and O–H groups in total. The van der Waals surface area contributed by atoms with Crippen LogP contribution in [-0.4, -0.2) is 42.3 Å². The zero-order chi connectivity index (χ0) is 17.1. The third kappa shape index (κ3) is 3.74. The highest BCUT2D eigenvalue weighted by Gasteiger charge is 2.25. The Bertz CT molecular complexity index is 714. The number of hydrogen-bond donors (Lipinski definition) is 1. The first kappa shape index (κ1) is 16.3. The van der Waals surface area contributed by atoms with Gasteiger partial charge in [-0.2, -0.15) is 0 Å². The van der Waals surface area contributed by atoms with Crippen LogP contribution in [0.5, 0.6) is 5.75 Å². The molecule has 0 atom stereocenters. The highest BCUT2D eigenvalue weighted by Crippen LogP contribution is 2.26. The summed E-state index contributed by atoms with van der Waals surface area (Å²) < 4.78 is 19.0. The molecule has 6 heteroatoms. The van der Waals surface area contributed by atoms with Crippen LogP contribution in [0.2, 0.25) is 0 Å². The number of halogens is 1. The van der Waals surface area contributed by atoms with E-state index in [1.54, 1.807) is 18.5 Å². The van der Waals surface area contributed by atoms with E-state index in [9.17, 15) is 4.39 Å². The van der Waals surface area contributed by atoms with Crippen LogP contribution in [0.4, 0.5) is 10.2 Å². The van der Waals surface area contributed by atoms with Crippen LogP contribution in [0.3, 0.4) is 0 Å². The van der Waals surface area contributed by atoms with E-state index in [2.05, 4.69) is 20.2 Å². The number of hydrogen-bond acceptors (Lipinski definition) is 5. The Balaban J connectivity index is 1.41. The minimum Gasteiger partial charge on any atom is -0.490 e. The molecule has 1 aromatic heterocycles. The lowest BCUT2D eigenvalue weighted by Crippen LogP contribution is -2.39. The lowest BCUT2D eigenvalue weighted by Gasteiger charge is -2.34. The molecular weight excluding hydrogens is 319 g/mol. The predicted octanol–water partition coefficient (Wildman–Crippen LogP) is 2.35. The second kappa shape index (κ2) is 7.35. The highest BCUT2D eigenvalue weighted by atomic mass is 19.1. The summed E-state index contributed by atoms with van der Waals surface area (Å²) in [4.78, 5) is 11.4. The first-order valence-corrected chi connectivity index (χ1v) is 9.00. The van der Waals surface area contributed by atoms with Crippen LogP contribution in [0.1, 0.15) is 24.1 Å². The first-order chi connectivity index (χ1) is 12.3. The Morgan fingerprint density at radius 2 is 1.80 bits per heavy atom. The van der Waals surface area contributed by atoms with Crippen molar-refractivity contribution in [1.29, 1.82) is 0 Å². The van der Waals surface area contributed by atoms with Crippen LogP contribution in [0.25, 0.3) is 0 Å². The molecule has 0 amide bonds. The van der Waals surface area contributed by atoms with Crippen molar-refractivity contribution in [3.05, 3.63) is 47.7 Å². The normalized spacial score (nSPS) is 18.5. The molecule has 1 aromatic carbocycles. The molecule has 0 unspecified atom stereocenters. The predicted molar refractivity (Wildman–Crippen MR) is 94.6 cm³/mol. The van der Waals surface area contributed by atoms with Gasteiger partial charge in [-0.3, -0.25) is 0 Å². The number of nitrogens with one attached hydrogen (secondary N) is 1. The molecule has 2 aliphatic rings. The van der Waals surface area contributed by atoms with E-state index in [1.807, 2.05) is 0 Å². The van der Waals surface area contributed by atoms with E-state index in [4.69, 9.17) is 4.74 Å². The molecule has 25 heavy (non-hydrogen) atoms. The van der Waals surface area contributed by atoms with Crippen LogP contribution in [0, 0.1) is 5.82 Å². The maximum atomic E-state index is 13.0. The van der Waals surface area contributed by atoms with Crippen molar-refractivity contribution in [3.8, 4) is 5.75 Å². The molecule has 0 aliphatic carbocycles. The topological polar surface area (TPSA) is 50.3 Å². The molecule has 2 aliphatic heterocycles. The van der Waals surface area contributed by atoms with Crippen molar-refractivity contribution in [2.75, 3.05) is 31.1 Å². The molecule has 5 nitrogen and oxygen atoms in total. The van der Waals surface area contributed by atoms with E-state index in [0.717, 1.165) is 63.4 Å². The Kier molecular flexibility index (Phi) is 4.78. The molecule has 3 heterocycles. The van der Waals surface area contributed by atoms with Crippen molar-refractivity contribution >= 4 is 5.82 Å². The SMILES string of the molecule is Fc1ccc(OC2CCN(c3ncnc4c3CCNCC4)CC2)cc1. The minimum atomic E-state index is -0.235. The van der Waals surface area contributed by atoms with Gasteiger partial charge in [0.05, 0.1) is 5.69 Å². The average Bonchev–Trinajstić information content (AvgIpc) is 2.90. The molecule has 0 saturated carbocycles. The third-order valence-corrected chi connectivity index (χ3v) is 4.96. The van der Waals surface area contributed by atoms with Crippen molar-refractivity contribution < 1.29 is 9.13 Å². The van der Waals surface area contributed by atoms with Gasteiger partial charge >= 0.3 is 0 Å². The summed E-state index contributed by atoms with van der Waals surface area (Å²) in [6.07, 6.45) is 5.69. The molecule has 132 valence electrons. The molecule has 0 radical (unpaired) electrons. The molecule has 2 aromatic rings. The molecule has 0 bridgehead atoms. The minimum absolute atomic E-state index is 0.170. The van der Waals surface area contributed by atoms with Crippen molar-refractivity contribution in [2.45, 2.75) is 31.8 Å². The van der Waals surface area contributed by atoms with Gasteiger partial charge < -0.3 is 15.0 Å². The fourth-order valence-corrected chi connectivity index (χ4v) is 3.62. The monoisotopic (exact) mass is 342 g/mol. The van der Waals surface area contributed by atoms with Gasteiger partial charge in [-0.1, -0.05) is 0 Å². The smallest absolute Gasteiger partial charge is 0.135 e. The molecule has 0 spiro atoms. The van der Waals surface area contributed by atoms with Crippen molar-refractivity contribution in [1.82, 2.24) is 15.3 Å². The quantitative estimate of drug-likeness (QED) is 0.928. The Hall–Kier alpha value is -2.21. The zero-order valence-electron chi connectivity index (χ0n) is 14.2. The molecule has 1 saturated heterocycles. The summed E-state index contributed by atoms with van der Waals surface area (Å²) in [6.45, 7) is 3.81. The number of nitrogens with zero attached hydrogens (tertiary/aromatic N) is 3. The fourth-order valence-electron chi connectivity index (χ4n) is 3.62. The molecular formula is C19H23FN4O. The van der Waals surface area contributed by atoms with Gasteiger partial charge in [0, 0.05) is 44.5 Å². The Morgan fingerprint density at radius 3 is 2.60 bits per heavy atom. The van der Waals surface area contributed by atoms with E-state index < -0.39 is 0 Å². The number of aromatic nitrogens is 2. The largest absolute Gasteiger partial charge is 0.490 e. The van der Waals surface area contributed by atoms with E-state index >= 15 is 0 Å². The number of fused-ring (bicyclic) bond motifs is 1. The number of ether oxygens (including phenoxy) is 1. The zero-order valence-corrected chi connectivity index (χ0v) is 14.2. The van der Waals surface area contributed by atoms with Crippen LogP contribution >= 0.6 is 0 Å². The number of anilines is 1. The second-order valence-electron chi connectivity index (χ2n) is 6.63. The standard InChI is InChI=1S/C19H23FN4O/c20-14-1-3-15(4-2-14)25-16-7-11-24(12-8-16)19-17-5-9-21-10-6-18(17)22-13-23-19/h1-4,13,16,21H,5-12H2. The van der Waals surface area contributed by atoms with Crippen molar-refractivity contribution in [2.24, 2.45) is 0 Å². The van der Waals surface area contributed by atoms with Crippen LogP contribution < -0.4 is 15.0 Å². The van der Waals surface area contributed by atoms with Gasteiger partial charge in [0.15, 0.2) is 0 Å². The van der Waals surface area contributed by atoms with Crippen LogP contribution in [-0.2, 0) is 12.8 Å². The number of piperidine rings is 1. The highest BCUT2D eigenvalue weighted by molar-refractivity contribution is 5.49. The first-order valence-electron chi connectivity index (χ1n) is 9.00. The van der Waals surface area contributed by atoms with Gasteiger partial charge in [-0.05, 0) is 37.2 Å². The van der Waals surface area contributed by atoms with Crippen molar-refractivity contribution in [3.63, 3.8) is 0 Å².